The van der Waals surface area contributed by atoms with Crippen LogP contribution < -0.4 is 16.4 Å². The summed E-state index contributed by atoms with van der Waals surface area (Å²) in [6, 6.07) is 4.96. The lowest BCUT2D eigenvalue weighted by Crippen LogP contribution is -2.32. The maximum Gasteiger partial charge on any atom is 0.225 e. The summed E-state index contributed by atoms with van der Waals surface area (Å²) in [7, 11) is 0. The smallest absolute Gasteiger partial charge is 0.225 e. The zero-order valence-corrected chi connectivity index (χ0v) is 19.8. The van der Waals surface area contributed by atoms with Gasteiger partial charge in [-0.05, 0) is 43.9 Å². The third-order valence-corrected chi connectivity index (χ3v) is 6.99. The largest absolute Gasteiger partial charge is 0.388 e. The number of hydrogen-bond donors (Lipinski definition) is 4. The van der Waals surface area contributed by atoms with Gasteiger partial charge in [-0.15, -0.1) is 0 Å². The molecule has 2 fully saturated rings. The number of hydrogen-bond acceptors (Lipinski definition) is 8. The highest BCUT2D eigenvalue weighted by molar-refractivity contribution is 6.36. The van der Waals surface area contributed by atoms with Crippen LogP contribution in [-0.2, 0) is 9.53 Å². The molecule has 5 N–H and O–H groups in total. The number of halogens is 2. The summed E-state index contributed by atoms with van der Waals surface area (Å²) in [5.41, 5.74) is 7.44. The van der Waals surface area contributed by atoms with Crippen LogP contribution in [0.3, 0.4) is 0 Å². The highest BCUT2D eigenvalue weighted by atomic mass is 35.5. The van der Waals surface area contributed by atoms with Crippen molar-refractivity contribution in [3.05, 3.63) is 34.4 Å². The minimum absolute atomic E-state index is 0.0531. The summed E-state index contributed by atoms with van der Waals surface area (Å²) in [4.78, 5) is 25.5. The van der Waals surface area contributed by atoms with Gasteiger partial charge < -0.3 is 26.2 Å². The molecule has 0 spiro atoms. The van der Waals surface area contributed by atoms with Crippen LogP contribution in [-0.4, -0.2) is 55.9 Å². The molecule has 34 heavy (non-hydrogen) atoms. The third-order valence-electron chi connectivity index (χ3n) is 6.44. The summed E-state index contributed by atoms with van der Waals surface area (Å²) in [6.45, 7) is 0.650. The van der Waals surface area contributed by atoms with Crippen LogP contribution in [0.5, 0.6) is 0 Å². The Balaban J connectivity index is 1.51. The summed E-state index contributed by atoms with van der Waals surface area (Å²) >= 11 is 12.4. The van der Waals surface area contributed by atoms with Crippen LogP contribution in [0.2, 0.25) is 10.0 Å². The van der Waals surface area contributed by atoms with Gasteiger partial charge in [0.2, 0.25) is 17.8 Å². The molecule has 1 aliphatic carbocycles. The Morgan fingerprint density at radius 3 is 2.65 bits per heavy atom. The number of amides is 1. The molecule has 180 valence electrons. The second-order valence-corrected chi connectivity index (χ2v) is 9.56. The van der Waals surface area contributed by atoms with Gasteiger partial charge in [-0.2, -0.15) is 4.98 Å². The van der Waals surface area contributed by atoms with Crippen molar-refractivity contribution in [2.75, 3.05) is 23.8 Å². The highest BCUT2D eigenvalue weighted by Gasteiger charge is 2.30. The number of nitrogens with one attached hydrogen (secondary N) is 2. The predicted octanol–water partition coefficient (Wildman–Crippen LogP) is 3.26. The molecule has 1 amide bonds. The van der Waals surface area contributed by atoms with Crippen molar-refractivity contribution in [1.29, 1.82) is 0 Å². The SMILES string of the molecule is NC(=O)C1CCC(n2c(Nc3ccc(Cl)cc3Cl)nc3cnc(NC4COC[C@H]4O)nc32)CC1. The fourth-order valence-corrected chi connectivity index (χ4v) is 5.03. The average molecular weight is 506 g/mol. The van der Waals surface area contributed by atoms with E-state index in [1.165, 1.54) is 0 Å². The van der Waals surface area contributed by atoms with E-state index in [0.29, 0.717) is 58.2 Å². The van der Waals surface area contributed by atoms with E-state index in [0.717, 1.165) is 12.8 Å². The second-order valence-electron chi connectivity index (χ2n) is 8.72. The number of primary amides is 1. The molecule has 3 heterocycles. The molecule has 1 aromatic carbocycles. The number of aliphatic hydroxyl groups excluding tert-OH is 1. The van der Waals surface area contributed by atoms with E-state index in [4.69, 9.17) is 43.6 Å². The lowest BCUT2D eigenvalue weighted by Gasteiger charge is -2.29. The molecule has 2 atom stereocenters. The molecule has 0 radical (unpaired) electrons. The first-order valence-electron chi connectivity index (χ1n) is 11.2. The first-order valence-corrected chi connectivity index (χ1v) is 11.9. The standard InChI is InChI=1S/C22H25Cl2N7O3/c23-12-3-6-15(14(24)7-12)28-22-29-16-8-26-21(27-17-9-34-10-18(17)32)30-20(16)31(22)13-4-1-11(2-5-13)19(25)33/h3,6-8,11,13,17-18,32H,1-2,4-5,9-10H2,(H2,25,33)(H,28,29)(H,26,27,30)/t11?,13?,17?,18-/m1/s1. The van der Waals surface area contributed by atoms with E-state index in [2.05, 4.69) is 15.6 Å². The molecule has 5 rings (SSSR count). The lowest BCUT2D eigenvalue weighted by molar-refractivity contribution is -0.122. The number of carbonyl (C=O) groups excluding carboxylic acids is 1. The molecule has 1 aliphatic heterocycles. The van der Waals surface area contributed by atoms with Crippen LogP contribution >= 0.6 is 23.2 Å². The van der Waals surface area contributed by atoms with Crippen LogP contribution in [0.1, 0.15) is 31.7 Å². The Morgan fingerprint density at radius 1 is 1.18 bits per heavy atom. The summed E-state index contributed by atoms with van der Waals surface area (Å²) in [6.07, 6.45) is 3.92. The quantitative estimate of drug-likeness (QED) is 0.400. The third kappa shape index (κ3) is 4.63. The summed E-state index contributed by atoms with van der Waals surface area (Å²) in [5.74, 6) is 0.567. The number of anilines is 3. The van der Waals surface area contributed by atoms with Gasteiger partial charge in [0.15, 0.2) is 5.65 Å². The van der Waals surface area contributed by atoms with E-state index < -0.39 is 6.10 Å². The van der Waals surface area contributed by atoms with Crippen molar-refractivity contribution in [1.82, 2.24) is 19.5 Å². The number of nitrogens with two attached hydrogens (primary N) is 1. The molecule has 1 saturated carbocycles. The maximum absolute atomic E-state index is 11.7. The van der Waals surface area contributed by atoms with Crippen molar-refractivity contribution >= 4 is 57.9 Å². The molecule has 1 saturated heterocycles. The van der Waals surface area contributed by atoms with Crippen LogP contribution in [0.25, 0.3) is 11.2 Å². The lowest BCUT2D eigenvalue weighted by atomic mass is 9.85. The number of imidazole rings is 1. The van der Waals surface area contributed by atoms with Gasteiger partial charge in [-0.1, -0.05) is 23.2 Å². The molecule has 1 unspecified atom stereocenters. The van der Waals surface area contributed by atoms with Gasteiger partial charge in [0.25, 0.3) is 0 Å². The van der Waals surface area contributed by atoms with Gasteiger partial charge in [0.05, 0.1) is 42.3 Å². The van der Waals surface area contributed by atoms with Crippen molar-refractivity contribution in [2.45, 2.75) is 43.9 Å². The summed E-state index contributed by atoms with van der Waals surface area (Å²) < 4.78 is 7.35. The van der Waals surface area contributed by atoms with Crippen molar-refractivity contribution in [3.63, 3.8) is 0 Å². The average Bonchev–Trinajstić information content (AvgIpc) is 3.38. The Bertz CT molecular complexity index is 1210. The zero-order chi connectivity index (χ0) is 23.8. The fraction of sp³-hybridized carbons (Fsp3) is 0.455. The number of fused-ring (bicyclic) bond motifs is 1. The summed E-state index contributed by atoms with van der Waals surface area (Å²) in [5, 5.41) is 17.5. The molecule has 2 aliphatic rings. The number of aliphatic hydroxyl groups is 1. The number of nitrogens with zero attached hydrogens (tertiary/aromatic N) is 4. The Morgan fingerprint density at radius 2 is 1.97 bits per heavy atom. The van der Waals surface area contributed by atoms with E-state index in [1.807, 2.05) is 4.57 Å². The highest BCUT2D eigenvalue weighted by Crippen LogP contribution is 2.38. The molecular formula is C22H25Cl2N7O3. The predicted molar refractivity (Wildman–Crippen MR) is 129 cm³/mol. The molecule has 3 aromatic rings. The van der Waals surface area contributed by atoms with Gasteiger partial charge in [-0.3, -0.25) is 9.36 Å². The minimum Gasteiger partial charge on any atom is -0.388 e. The van der Waals surface area contributed by atoms with Crippen LogP contribution in [0, 0.1) is 5.92 Å². The van der Waals surface area contributed by atoms with E-state index in [-0.39, 0.29) is 30.5 Å². The Hall–Kier alpha value is -2.66. The zero-order valence-electron chi connectivity index (χ0n) is 18.2. The molecular weight excluding hydrogens is 481 g/mol. The molecule has 10 nitrogen and oxygen atoms in total. The van der Waals surface area contributed by atoms with Crippen molar-refractivity contribution in [2.24, 2.45) is 11.7 Å². The normalized spacial score (nSPS) is 24.9. The van der Waals surface area contributed by atoms with Crippen LogP contribution in [0.4, 0.5) is 17.6 Å². The minimum atomic E-state index is -0.627. The van der Waals surface area contributed by atoms with Gasteiger partial charge in [0, 0.05) is 17.0 Å². The first-order chi connectivity index (χ1) is 16.4. The van der Waals surface area contributed by atoms with E-state index >= 15 is 0 Å². The monoisotopic (exact) mass is 505 g/mol. The van der Waals surface area contributed by atoms with Gasteiger partial charge in [0.1, 0.15) is 5.52 Å². The van der Waals surface area contributed by atoms with E-state index in [9.17, 15) is 9.90 Å². The molecule has 2 aromatic heterocycles. The molecule has 12 heteroatoms. The number of aromatic nitrogens is 4. The number of carbonyl (C=O) groups is 1. The Kier molecular flexibility index (Phi) is 6.48. The maximum atomic E-state index is 11.7. The number of benzene rings is 1. The Labute approximate surface area is 205 Å². The second kappa shape index (κ2) is 9.53. The van der Waals surface area contributed by atoms with Crippen molar-refractivity contribution < 1.29 is 14.6 Å². The van der Waals surface area contributed by atoms with Crippen LogP contribution in [0.15, 0.2) is 24.4 Å². The first kappa shape index (κ1) is 23.1. The fourth-order valence-electron chi connectivity index (χ4n) is 4.57. The van der Waals surface area contributed by atoms with Gasteiger partial charge in [-0.25, -0.2) is 9.97 Å². The van der Waals surface area contributed by atoms with E-state index in [1.54, 1.807) is 24.4 Å². The molecule has 0 bridgehead atoms. The topological polar surface area (TPSA) is 140 Å². The van der Waals surface area contributed by atoms with Crippen molar-refractivity contribution in [3.8, 4) is 0 Å². The number of ether oxygens (including phenoxy) is 1. The number of rotatable bonds is 6. The van der Waals surface area contributed by atoms with Gasteiger partial charge >= 0.3 is 0 Å².